The van der Waals surface area contributed by atoms with Crippen LogP contribution in [0.3, 0.4) is 0 Å². The van der Waals surface area contributed by atoms with E-state index in [4.69, 9.17) is 16.7 Å². The van der Waals surface area contributed by atoms with E-state index < -0.39 is 28.6 Å². The van der Waals surface area contributed by atoms with Gasteiger partial charge in [0.25, 0.3) is 11.6 Å². The van der Waals surface area contributed by atoms with Crippen LogP contribution >= 0.6 is 11.6 Å². The van der Waals surface area contributed by atoms with Gasteiger partial charge in [-0.05, 0) is 6.07 Å². The summed E-state index contributed by atoms with van der Waals surface area (Å²) < 4.78 is 4.63. The van der Waals surface area contributed by atoms with E-state index in [1.54, 1.807) is 0 Å². The number of hydrogen-bond acceptors (Lipinski definition) is 5. The average molecular weight is 303 g/mol. The quantitative estimate of drug-likeness (QED) is 0.599. The summed E-state index contributed by atoms with van der Waals surface area (Å²) in [7, 11) is 1.19. The molecule has 0 saturated carbocycles. The number of nitrogens with one attached hydrogen (secondary N) is 1. The minimum atomic E-state index is -1.24. The predicted octanol–water partition coefficient (Wildman–Crippen LogP) is 1.08. The fraction of sp³-hybridized carbons (Fsp3) is 0.273. The number of carbonyl (C=O) groups excluding carboxylic acids is 1. The molecule has 1 rings (SSSR count). The molecular weight excluding hydrogens is 292 g/mol. The summed E-state index contributed by atoms with van der Waals surface area (Å²) in [6.45, 7) is -0.288. The van der Waals surface area contributed by atoms with Gasteiger partial charge in [0.15, 0.2) is 6.10 Å². The van der Waals surface area contributed by atoms with Crippen molar-refractivity contribution in [2.24, 2.45) is 0 Å². The van der Waals surface area contributed by atoms with Gasteiger partial charge in [0, 0.05) is 13.2 Å². The molecule has 108 valence electrons. The molecule has 8 nitrogen and oxygen atoms in total. The third-order valence-electron chi connectivity index (χ3n) is 2.43. The maximum absolute atomic E-state index is 11.8. The highest BCUT2D eigenvalue weighted by Gasteiger charge is 2.22. The second-order valence-corrected chi connectivity index (χ2v) is 4.05. The van der Waals surface area contributed by atoms with E-state index in [-0.39, 0.29) is 17.1 Å². The Bertz CT molecular complexity index is 548. The summed E-state index contributed by atoms with van der Waals surface area (Å²) in [6, 6.07) is 3.77. The zero-order valence-corrected chi connectivity index (χ0v) is 11.1. The number of halogens is 1. The molecule has 1 amide bonds. The molecule has 0 aliphatic carbocycles. The van der Waals surface area contributed by atoms with Crippen LogP contribution in [-0.4, -0.2) is 41.7 Å². The van der Waals surface area contributed by atoms with Gasteiger partial charge in [-0.3, -0.25) is 14.9 Å². The van der Waals surface area contributed by atoms with Gasteiger partial charge >= 0.3 is 5.97 Å². The standard InChI is InChI=1S/C11H11ClN2O6/c1-20-8(11(16)17)5-13-10(15)6-3-2-4-7(9(6)12)14(18)19/h2-4,8H,5H2,1H3,(H,13,15)(H,16,17). The molecule has 2 N–H and O–H groups in total. The Labute approximate surface area is 118 Å². The number of benzene rings is 1. The molecule has 1 aromatic carbocycles. The van der Waals surface area contributed by atoms with E-state index >= 15 is 0 Å². The van der Waals surface area contributed by atoms with Gasteiger partial charge in [-0.25, -0.2) is 4.79 Å². The summed E-state index contributed by atoms with van der Waals surface area (Å²) in [5.41, 5.74) is -0.512. The lowest BCUT2D eigenvalue weighted by atomic mass is 10.2. The van der Waals surface area contributed by atoms with Gasteiger partial charge < -0.3 is 15.2 Å². The molecule has 9 heteroatoms. The number of nitro benzene ring substituents is 1. The Morgan fingerprint density at radius 1 is 1.55 bits per heavy atom. The van der Waals surface area contributed by atoms with Gasteiger partial charge in [0.05, 0.1) is 17.0 Å². The second kappa shape index (κ2) is 6.83. The molecule has 0 spiro atoms. The van der Waals surface area contributed by atoms with Crippen molar-refractivity contribution in [3.8, 4) is 0 Å². The first-order valence-corrected chi connectivity index (χ1v) is 5.73. The van der Waals surface area contributed by atoms with Gasteiger partial charge in [-0.1, -0.05) is 17.7 Å². The van der Waals surface area contributed by atoms with Crippen LogP contribution in [-0.2, 0) is 9.53 Å². The highest BCUT2D eigenvalue weighted by molar-refractivity contribution is 6.35. The normalized spacial score (nSPS) is 11.7. The molecule has 0 radical (unpaired) electrons. The van der Waals surface area contributed by atoms with Crippen LogP contribution in [0.5, 0.6) is 0 Å². The summed E-state index contributed by atoms with van der Waals surface area (Å²) in [5.74, 6) is -1.96. The third-order valence-corrected chi connectivity index (χ3v) is 2.82. The summed E-state index contributed by atoms with van der Waals surface area (Å²) >= 11 is 5.76. The summed E-state index contributed by atoms with van der Waals surface area (Å²) in [5, 5.41) is 21.4. The molecule has 0 bridgehead atoms. The van der Waals surface area contributed by atoms with Crippen molar-refractivity contribution in [2.45, 2.75) is 6.10 Å². The minimum absolute atomic E-state index is 0.110. The maximum atomic E-state index is 11.8. The van der Waals surface area contributed by atoms with E-state index in [0.717, 1.165) is 6.07 Å². The Kier molecular flexibility index (Phi) is 5.42. The van der Waals surface area contributed by atoms with Gasteiger partial charge in [-0.2, -0.15) is 0 Å². The maximum Gasteiger partial charge on any atom is 0.334 e. The fourth-order valence-corrected chi connectivity index (χ4v) is 1.67. The van der Waals surface area contributed by atoms with Crippen molar-refractivity contribution < 1.29 is 24.4 Å². The highest BCUT2D eigenvalue weighted by atomic mass is 35.5. The number of amides is 1. The van der Waals surface area contributed by atoms with E-state index in [9.17, 15) is 19.7 Å². The third kappa shape index (κ3) is 3.65. The largest absolute Gasteiger partial charge is 0.479 e. The van der Waals surface area contributed by atoms with Crippen molar-refractivity contribution in [1.82, 2.24) is 5.32 Å². The smallest absolute Gasteiger partial charge is 0.334 e. The van der Waals surface area contributed by atoms with Crippen LogP contribution < -0.4 is 5.32 Å². The Balaban J connectivity index is 2.86. The topological polar surface area (TPSA) is 119 Å². The molecule has 1 unspecified atom stereocenters. The zero-order chi connectivity index (χ0) is 15.3. The minimum Gasteiger partial charge on any atom is -0.479 e. The number of ether oxygens (including phenoxy) is 1. The summed E-state index contributed by atoms with van der Waals surface area (Å²) in [6.07, 6.45) is -1.21. The SMILES string of the molecule is COC(CNC(=O)c1cccc([N+](=O)[O-])c1Cl)C(=O)O. The van der Waals surface area contributed by atoms with Crippen molar-refractivity contribution in [3.63, 3.8) is 0 Å². The molecule has 0 heterocycles. The molecule has 0 aliphatic heterocycles. The van der Waals surface area contributed by atoms with Crippen LogP contribution in [0.2, 0.25) is 5.02 Å². The molecule has 20 heavy (non-hydrogen) atoms. The van der Waals surface area contributed by atoms with Gasteiger partial charge in [0.2, 0.25) is 0 Å². The highest BCUT2D eigenvalue weighted by Crippen LogP contribution is 2.27. The van der Waals surface area contributed by atoms with E-state index in [2.05, 4.69) is 10.1 Å². The van der Waals surface area contributed by atoms with Crippen LogP contribution in [0, 0.1) is 10.1 Å². The Hall–Kier alpha value is -2.19. The lowest BCUT2D eigenvalue weighted by Gasteiger charge is -2.12. The summed E-state index contributed by atoms with van der Waals surface area (Å²) in [4.78, 5) is 32.5. The zero-order valence-electron chi connectivity index (χ0n) is 10.3. The van der Waals surface area contributed by atoms with Crippen molar-refractivity contribution in [2.75, 3.05) is 13.7 Å². The number of methoxy groups -OCH3 is 1. The van der Waals surface area contributed by atoms with E-state index in [0.29, 0.717) is 0 Å². The van der Waals surface area contributed by atoms with E-state index in [1.807, 2.05) is 0 Å². The number of nitrogens with zero attached hydrogens (tertiary/aromatic N) is 1. The van der Waals surface area contributed by atoms with Crippen LogP contribution in [0.1, 0.15) is 10.4 Å². The number of carboxylic acids is 1. The lowest BCUT2D eigenvalue weighted by molar-refractivity contribution is -0.384. The fourth-order valence-electron chi connectivity index (χ4n) is 1.39. The Morgan fingerprint density at radius 3 is 2.70 bits per heavy atom. The number of carbonyl (C=O) groups is 2. The van der Waals surface area contributed by atoms with Gasteiger partial charge in [-0.15, -0.1) is 0 Å². The van der Waals surface area contributed by atoms with Crippen molar-refractivity contribution >= 4 is 29.2 Å². The van der Waals surface area contributed by atoms with E-state index in [1.165, 1.54) is 19.2 Å². The van der Waals surface area contributed by atoms with Gasteiger partial charge in [0.1, 0.15) is 5.02 Å². The monoisotopic (exact) mass is 302 g/mol. The molecule has 1 atom stereocenters. The molecule has 0 aromatic heterocycles. The number of rotatable bonds is 6. The Morgan fingerprint density at radius 2 is 2.20 bits per heavy atom. The molecule has 0 saturated heterocycles. The number of carboxylic acid groups (broad SMARTS) is 1. The van der Waals surface area contributed by atoms with Crippen LogP contribution in [0.4, 0.5) is 5.69 Å². The average Bonchev–Trinajstić information content (AvgIpc) is 2.38. The second-order valence-electron chi connectivity index (χ2n) is 3.67. The molecule has 0 fully saturated rings. The number of nitro groups is 1. The molecule has 1 aromatic rings. The van der Waals surface area contributed by atoms with Crippen molar-refractivity contribution in [3.05, 3.63) is 38.9 Å². The molecular formula is C11H11ClN2O6. The molecule has 0 aliphatic rings. The number of hydrogen-bond donors (Lipinski definition) is 2. The van der Waals surface area contributed by atoms with Crippen LogP contribution in [0.15, 0.2) is 18.2 Å². The number of aliphatic carboxylic acids is 1. The predicted molar refractivity (Wildman–Crippen MR) is 68.9 cm³/mol. The lowest BCUT2D eigenvalue weighted by Crippen LogP contribution is -2.37. The first-order valence-electron chi connectivity index (χ1n) is 5.35. The van der Waals surface area contributed by atoms with Crippen LogP contribution in [0.25, 0.3) is 0 Å². The van der Waals surface area contributed by atoms with Crippen molar-refractivity contribution in [1.29, 1.82) is 0 Å². The first-order chi connectivity index (χ1) is 9.38. The first kappa shape index (κ1) is 15.9.